The van der Waals surface area contributed by atoms with Crippen LogP contribution in [0.4, 0.5) is 0 Å². The Bertz CT molecular complexity index is 708. The van der Waals surface area contributed by atoms with E-state index in [0.717, 1.165) is 11.3 Å². The summed E-state index contributed by atoms with van der Waals surface area (Å²) in [6, 6.07) is 7.78. The first kappa shape index (κ1) is 11.9. The summed E-state index contributed by atoms with van der Waals surface area (Å²) >= 11 is 6.25. The third-order valence-corrected chi connectivity index (χ3v) is 3.21. The first-order chi connectivity index (χ1) is 9.28. The Labute approximate surface area is 114 Å². The molecule has 0 unspecified atom stereocenters. The lowest BCUT2D eigenvalue weighted by Crippen LogP contribution is -2.01. The van der Waals surface area contributed by atoms with Gasteiger partial charge in [-0.25, -0.2) is 14.6 Å². The molecule has 2 aromatic heterocycles. The molecule has 5 nitrogen and oxygen atoms in total. The maximum Gasteiger partial charge on any atom is 0.153 e. The molecule has 1 aromatic carbocycles. The Balaban J connectivity index is 1.94. The molecule has 0 fully saturated rings. The molecule has 3 rings (SSSR count). The first-order valence-electron chi connectivity index (χ1n) is 5.73. The largest absolute Gasteiger partial charge is 0.497 e. The Kier molecular flexibility index (Phi) is 3.05. The van der Waals surface area contributed by atoms with Gasteiger partial charge in [-0.05, 0) is 17.7 Å². The van der Waals surface area contributed by atoms with Gasteiger partial charge in [0, 0.05) is 0 Å². The topological polar surface area (TPSA) is 52.8 Å². The monoisotopic (exact) mass is 274 g/mol. The second kappa shape index (κ2) is 4.85. The second-order valence-electron chi connectivity index (χ2n) is 4.05. The number of methoxy groups -OCH3 is 1. The Morgan fingerprint density at radius 3 is 2.74 bits per heavy atom. The van der Waals surface area contributed by atoms with Crippen LogP contribution in [0.1, 0.15) is 5.56 Å². The minimum Gasteiger partial charge on any atom is -0.497 e. The molecule has 0 saturated carbocycles. The van der Waals surface area contributed by atoms with Gasteiger partial charge >= 0.3 is 0 Å². The fourth-order valence-corrected chi connectivity index (χ4v) is 2.10. The van der Waals surface area contributed by atoms with Crippen molar-refractivity contribution in [2.45, 2.75) is 6.54 Å². The third kappa shape index (κ3) is 2.24. The molecule has 0 aliphatic heterocycles. The third-order valence-electron chi connectivity index (χ3n) is 2.83. The zero-order valence-electron chi connectivity index (χ0n) is 10.2. The van der Waals surface area contributed by atoms with Crippen LogP contribution in [0.2, 0.25) is 5.15 Å². The second-order valence-corrected chi connectivity index (χ2v) is 4.41. The van der Waals surface area contributed by atoms with Gasteiger partial charge in [0.2, 0.25) is 0 Å². The Morgan fingerprint density at radius 1 is 1.26 bits per heavy atom. The van der Waals surface area contributed by atoms with Gasteiger partial charge in [0.1, 0.15) is 23.1 Å². The summed E-state index contributed by atoms with van der Waals surface area (Å²) in [7, 11) is 1.64. The quantitative estimate of drug-likeness (QED) is 0.736. The fourth-order valence-electron chi connectivity index (χ4n) is 1.86. The zero-order chi connectivity index (χ0) is 13.2. The average molecular weight is 275 g/mol. The average Bonchev–Trinajstić information content (AvgIpc) is 2.77. The Hall–Kier alpha value is -2.14. The van der Waals surface area contributed by atoms with E-state index in [1.54, 1.807) is 18.0 Å². The lowest BCUT2D eigenvalue weighted by atomic mass is 10.2. The summed E-state index contributed by atoms with van der Waals surface area (Å²) in [4.78, 5) is 8.06. The van der Waals surface area contributed by atoms with Crippen LogP contribution in [0.5, 0.6) is 5.75 Å². The van der Waals surface area contributed by atoms with Gasteiger partial charge < -0.3 is 4.74 Å². The fraction of sp³-hybridized carbons (Fsp3) is 0.154. The van der Waals surface area contributed by atoms with Crippen LogP contribution in [0.25, 0.3) is 11.0 Å². The number of fused-ring (bicyclic) bond motifs is 1. The van der Waals surface area contributed by atoms with E-state index in [1.807, 2.05) is 24.3 Å². The zero-order valence-corrected chi connectivity index (χ0v) is 11.0. The van der Waals surface area contributed by atoms with E-state index in [2.05, 4.69) is 15.1 Å². The SMILES string of the molecule is COc1ccc(Cn2nc3cncnc3c2Cl)cc1. The van der Waals surface area contributed by atoms with Crippen molar-refractivity contribution in [2.24, 2.45) is 0 Å². The molecule has 0 aliphatic rings. The lowest BCUT2D eigenvalue weighted by Gasteiger charge is -2.04. The standard InChI is InChI=1S/C13H11ClN4O/c1-19-10-4-2-9(3-5-10)7-18-13(14)12-11(17-18)6-15-8-16-12/h2-6,8H,7H2,1H3. The number of nitrogens with zero attached hydrogens (tertiary/aromatic N) is 4. The highest BCUT2D eigenvalue weighted by molar-refractivity contribution is 6.33. The number of benzene rings is 1. The van der Waals surface area contributed by atoms with Crippen molar-refractivity contribution >= 4 is 22.6 Å². The van der Waals surface area contributed by atoms with E-state index >= 15 is 0 Å². The van der Waals surface area contributed by atoms with Gasteiger partial charge in [-0.2, -0.15) is 5.10 Å². The van der Waals surface area contributed by atoms with Crippen LogP contribution in [-0.4, -0.2) is 26.9 Å². The van der Waals surface area contributed by atoms with Gasteiger partial charge in [-0.1, -0.05) is 23.7 Å². The van der Waals surface area contributed by atoms with E-state index < -0.39 is 0 Å². The molecule has 0 radical (unpaired) electrons. The van der Waals surface area contributed by atoms with Gasteiger partial charge in [0.05, 0.1) is 19.9 Å². The summed E-state index contributed by atoms with van der Waals surface area (Å²) in [5, 5.41) is 4.90. The maximum absolute atomic E-state index is 6.25. The molecule has 3 aromatic rings. The molecule has 6 heteroatoms. The molecule has 0 saturated heterocycles. The van der Waals surface area contributed by atoms with Crippen molar-refractivity contribution in [2.75, 3.05) is 7.11 Å². The highest BCUT2D eigenvalue weighted by atomic mass is 35.5. The summed E-state index contributed by atoms with van der Waals surface area (Å²) in [6.07, 6.45) is 3.12. The molecule has 0 N–H and O–H groups in total. The molecule has 0 aliphatic carbocycles. The maximum atomic E-state index is 6.25. The van der Waals surface area contributed by atoms with Crippen LogP contribution >= 0.6 is 11.6 Å². The van der Waals surface area contributed by atoms with Crippen molar-refractivity contribution < 1.29 is 4.74 Å². The minimum atomic E-state index is 0.521. The summed E-state index contributed by atoms with van der Waals surface area (Å²) < 4.78 is 6.84. The summed E-state index contributed by atoms with van der Waals surface area (Å²) in [6.45, 7) is 0.583. The normalized spacial score (nSPS) is 10.8. The van der Waals surface area contributed by atoms with Gasteiger partial charge in [-0.15, -0.1) is 0 Å². The molecule has 0 amide bonds. The van der Waals surface area contributed by atoms with E-state index in [1.165, 1.54) is 6.33 Å². The van der Waals surface area contributed by atoms with Crippen molar-refractivity contribution in [3.63, 3.8) is 0 Å². The molecule has 0 bridgehead atoms. The van der Waals surface area contributed by atoms with Gasteiger partial charge in [0.25, 0.3) is 0 Å². The smallest absolute Gasteiger partial charge is 0.153 e. The number of ether oxygens (including phenoxy) is 1. The highest BCUT2D eigenvalue weighted by Gasteiger charge is 2.10. The van der Waals surface area contributed by atoms with E-state index in [-0.39, 0.29) is 0 Å². The Morgan fingerprint density at radius 2 is 2.05 bits per heavy atom. The number of aromatic nitrogens is 4. The molecule has 19 heavy (non-hydrogen) atoms. The van der Waals surface area contributed by atoms with Crippen molar-refractivity contribution in [3.8, 4) is 5.75 Å². The number of rotatable bonds is 3. The molecular formula is C13H11ClN4O. The van der Waals surface area contributed by atoms with E-state index in [4.69, 9.17) is 16.3 Å². The highest BCUT2D eigenvalue weighted by Crippen LogP contribution is 2.21. The van der Waals surface area contributed by atoms with E-state index in [0.29, 0.717) is 22.7 Å². The van der Waals surface area contributed by atoms with Gasteiger partial charge in [0.15, 0.2) is 5.15 Å². The van der Waals surface area contributed by atoms with Crippen molar-refractivity contribution in [1.29, 1.82) is 0 Å². The molecule has 0 atom stereocenters. The van der Waals surface area contributed by atoms with Crippen LogP contribution in [0.15, 0.2) is 36.8 Å². The number of hydrogen-bond acceptors (Lipinski definition) is 4. The van der Waals surface area contributed by atoms with Gasteiger partial charge in [-0.3, -0.25) is 0 Å². The minimum absolute atomic E-state index is 0.521. The van der Waals surface area contributed by atoms with Crippen molar-refractivity contribution in [3.05, 3.63) is 47.5 Å². The lowest BCUT2D eigenvalue weighted by molar-refractivity contribution is 0.414. The summed E-state index contributed by atoms with van der Waals surface area (Å²) in [5.74, 6) is 0.825. The van der Waals surface area contributed by atoms with Crippen LogP contribution in [-0.2, 0) is 6.54 Å². The predicted octanol–water partition coefficient (Wildman–Crippen LogP) is 2.54. The first-order valence-corrected chi connectivity index (χ1v) is 6.10. The molecular weight excluding hydrogens is 264 g/mol. The van der Waals surface area contributed by atoms with Crippen LogP contribution in [0.3, 0.4) is 0 Å². The molecule has 2 heterocycles. The van der Waals surface area contributed by atoms with Crippen molar-refractivity contribution in [1.82, 2.24) is 19.7 Å². The van der Waals surface area contributed by atoms with Crippen LogP contribution in [0, 0.1) is 0 Å². The molecule has 0 spiro atoms. The van der Waals surface area contributed by atoms with E-state index in [9.17, 15) is 0 Å². The number of halogens is 1. The number of hydrogen-bond donors (Lipinski definition) is 0. The molecule has 96 valence electrons. The van der Waals surface area contributed by atoms with Crippen LogP contribution < -0.4 is 4.74 Å². The predicted molar refractivity (Wildman–Crippen MR) is 72.4 cm³/mol. The summed E-state index contributed by atoms with van der Waals surface area (Å²) in [5.41, 5.74) is 2.45.